The largest absolute Gasteiger partial charge is 0.489 e. The van der Waals surface area contributed by atoms with Gasteiger partial charge in [-0.15, -0.1) is 0 Å². The number of rotatable bonds is 45. The van der Waals surface area contributed by atoms with E-state index in [0.29, 0.717) is 92.6 Å². The summed E-state index contributed by atoms with van der Waals surface area (Å²) in [5, 5.41) is 0. The smallest absolute Gasteiger partial charge is 0.164 e. The number of ether oxygens (including phenoxy) is 6. The van der Waals surface area contributed by atoms with Gasteiger partial charge in [0, 0.05) is 16.7 Å². The van der Waals surface area contributed by atoms with Crippen LogP contribution in [0.2, 0.25) is 0 Å². The topological polar surface area (TPSA) is 94.1 Å². The van der Waals surface area contributed by atoms with E-state index in [2.05, 4.69) is 138 Å². The Kier molecular flexibility index (Phi) is 33.0. The number of aromatic nitrogens is 3. The molecule has 0 amide bonds. The zero-order valence-corrected chi connectivity index (χ0v) is 51.7. The lowest BCUT2D eigenvalue weighted by molar-refractivity contribution is 0.199. The molecule has 78 heavy (non-hydrogen) atoms. The molecule has 9 nitrogen and oxygen atoms in total. The standard InChI is InChI=1S/C69H111N3O6/c1-13-25-31-52(19-7)46-73-61-40-37-58(43-64(61)76-49-55(22-10)34-28-16-4)67-70-68(59-38-41-62(74-47-53(20-8)32-26-14-2)65(44-59)77-50-56(23-11)35-29-17-5)72-69(71-67)60-39-42-63(75-48-54(21-9)33-27-15-3)66(45-60)78-51-57(24-12)36-30-18-6/h37-45,52-57H,13-36,46-51H2,1-12H3. The first kappa shape index (κ1) is 66.0. The minimum atomic E-state index is 0.448. The van der Waals surface area contributed by atoms with Gasteiger partial charge >= 0.3 is 0 Å². The minimum Gasteiger partial charge on any atom is -0.489 e. The second kappa shape index (κ2) is 39.0. The van der Waals surface area contributed by atoms with Crippen LogP contribution in [0.3, 0.4) is 0 Å². The van der Waals surface area contributed by atoms with Gasteiger partial charge in [-0.25, -0.2) is 15.0 Å². The Morgan fingerprint density at radius 2 is 0.462 bits per heavy atom. The van der Waals surface area contributed by atoms with E-state index in [1.165, 1.54) is 77.0 Å². The SMILES string of the molecule is CCCCC(CC)COc1ccc(-c2nc(-c3ccc(OCC(CC)CCCC)c(OCC(CC)CCCC)c3)nc(-c3ccc(OCC(CC)CCCC)c(OCC(CC)CCCC)c3)n2)cc1OCC(CC)CCCC. The van der Waals surface area contributed by atoms with Crippen LogP contribution in [0.1, 0.15) is 237 Å². The van der Waals surface area contributed by atoms with Crippen LogP contribution < -0.4 is 28.4 Å². The number of hydrogen-bond donors (Lipinski definition) is 0. The molecule has 438 valence electrons. The van der Waals surface area contributed by atoms with Gasteiger partial charge < -0.3 is 28.4 Å². The molecular weight excluding hydrogens is 967 g/mol. The fourth-order valence-corrected chi connectivity index (χ4v) is 10.0. The summed E-state index contributed by atoms with van der Waals surface area (Å²) < 4.78 is 40.5. The molecule has 4 aromatic rings. The molecule has 0 saturated heterocycles. The highest BCUT2D eigenvalue weighted by Gasteiger charge is 2.22. The van der Waals surface area contributed by atoms with Crippen molar-refractivity contribution in [1.29, 1.82) is 0 Å². The van der Waals surface area contributed by atoms with Crippen LogP contribution in [0.4, 0.5) is 0 Å². The van der Waals surface area contributed by atoms with Gasteiger partial charge in [-0.2, -0.15) is 0 Å². The monoisotopic (exact) mass is 1080 g/mol. The third-order valence-electron chi connectivity index (χ3n) is 16.3. The molecule has 0 bridgehead atoms. The van der Waals surface area contributed by atoms with Gasteiger partial charge in [0.25, 0.3) is 0 Å². The van der Waals surface area contributed by atoms with Crippen LogP contribution in [-0.4, -0.2) is 54.6 Å². The van der Waals surface area contributed by atoms with Gasteiger partial charge in [0.2, 0.25) is 0 Å². The summed E-state index contributed by atoms with van der Waals surface area (Å²) in [5.74, 6) is 8.87. The van der Waals surface area contributed by atoms with Crippen molar-refractivity contribution in [2.75, 3.05) is 39.6 Å². The summed E-state index contributed by atoms with van der Waals surface area (Å²) in [6, 6.07) is 18.7. The van der Waals surface area contributed by atoms with Crippen LogP contribution in [0.15, 0.2) is 54.6 Å². The number of benzene rings is 3. The van der Waals surface area contributed by atoms with E-state index in [1.54, 1.807) is 0 Å². The predicted molar refractivity (Wildman–Crippen MR) is 329 cm³/mol. The summed E-state index contributed by atoms with van der Waals surface area (Å²) in [7, 11) is 0. The maximum atomic E-state index is 6.83. The molecule has 6 unspecified atom stereocenters. The fourth-order valence-electron chi connectivity index (χ4n) is 10.0. The van der Waals surface area contributed by atoms with Gasteiger partial charge in [-0.3, -0.25) is 0 Å². The summed E-state index contributed by atoms with van der Waals surface area (Å²) in [5.41, 5.74) is 2.48. The predicted octanol–water partition coefficient (Wildman–Crippen LogP) is 20.4. The van der Waals surface area contributed by atoms with Crippen LogP contribution in [0.5, 0.6) is 34.5 Å². The molecule has 0 spiro atoms. The molecule has 0 saturated carbocycles. The molecule has 0 radical (unpaired) electrons. The molecule has 0 aliphatic heterocycles. The average molecular weight is 1080 g/mol. The molecule has 6 atom stereocenters. The molecule has 3 aromatic carbocycles. The quantitative estimate of drug-likeness (QED) is 0.0429. The average Bonchev–Trinajstić information content (AvgIpc) is 3.48. The number of hydrogen-bond acceptors (Lipinski definition) is 9. The van der Waals surface area contributed by atoms with Gasteiger partial charge in [-0.05, 0) is 129 Å². The molecule has 9 heteroatoms. The van der Waals surface area contributed by atoms with E-state index in [4.69, 9.17) is 43.4 Å². The van der Waals surface area contributed by atoms with E-state index in [-0.39, 0.29) is 0 Å². The van der Waals surface area contributed by atoms with Crippen molar-refractivity contribution >= 4 is 0 Å². The second-order valence-electron chi connectivity index (χ2n) is 22.7. The highest BCUT2D eigenvalue weighted by molar-refractivity contribution is 5.70. The Morgan fingerprint density at radius 1 is 0.269 bits per heavy atom. The number of nitrogens with zero attached hydrogens (tertiary/aromatic N) is 3. The molecule has 0 aliphatic rings. The van der Waals surface area contributed by atoms with Crippen molar-refractivity contribution < 1.29 is 28.4 Å². The Balaban J connectivity index is 1.96. The van der Waals surface area contributed by atoms with E-state index in [1.807, 2.05) is 0 Å². The third-order valence-corrected chi connectivity index (χ3v) is 16.3. The Labute approximate surface area is 476 Å². The van der Waals surface area contributed by atoms with E-state index in [9.17, 15) is 0 Å². The Morgan fingerprint density at radius 3 is 0.641 bits per heavy atom. The summed E-state index contributed by atoms with van der Waals surface area (Å²) in [6.07, 6.45) is 27.4. The highest BCUT2D eigenvalue weighted by atomic mass is 16.5. The molecule has 0 aliphatic carbocycles. The van der Waals surface area contributed by atoms with E-state index in [0.717, 1.165) is 128 Å². The maximum absolute atomic E-state index is 6.83. The van der Waals surface area contributed by atoms with Gasteiger partial charge in [-0.1, -0.05) is 199 Å². The summed E-state index contributed by atoms with van der Waals surface area (Å²) in [4.78, 5) is 16.0. The molecule has 4 rings (SSSR count). The Hall–Kier alpha value is -4.53. The van der Waals surface area contributed by atoms with Crippen molar-refractivity contribution in [1.82, 2.24) is 15.0 Å². The Bertz CT molecular complexity index is 1940. The molecule has 1 heterocycles. The third kappa shape index (κ3) is 22.9. The fraction of sp³-hybridized carbons (Fsp3) is 0.696. The van der Waals surface area contributed by atoms with Crippen LogP contribution in [0, 0.1) is 35.5 Å². The van der Waals surface area contributed by atoms with Crippen molar-refractivity contribution in [3.8, 4) is 68.7 Å². The first-order chi connectivity index (χ1) is 38.1. The van der Waals surface area contributed by atoms with Crippen molar-refractivity contribution in [3.63, 3.8) is 0 Å². The molecule has 1 aromatic heterocycles. The first-order valence-electron chi connectivity index (χ1n) is 32.1. The number of unbranched alkanes of at least 4 members (excludes halogenated alkanes) is 6. The molecule has 0 N–H and O–H groups in total. The van der Waals surface area contributed by atoms with Crippen LogP contribution >= 0.6 is 0 Å². The van der Waals surface area contributed by atoms with Gasteiger partial charge in [0.05, 0.1) is 39.6 Å². The van der Waals surface area contributed by atoms with E-state index >= 15 is 0 Å². The lowest BCUT2D eigenvalue weighted by atomic mass is 10.0. The normalized spacial score (nSPS) is 13.8. The minimum absolute atomic E-state index is 0.448. The second-order valence-corrected chi connectivity index (χ2v) is 22.7. The van der Waals surface area contributed by atoms with Crippen LogP contribution in [-0.2, 0) is 0 Å². The first-order valence-corrected chi connectivity index (χ1v) is 32.1. The maximum Gasteiger partial charge on any atom is 0.164 e. The molecular formula is C69H111N3O6. The summed E-state index contributed by atoms with van der Waals surface area (Å²) >= 11 is 0. The molecule has 0 fully saturated rings. The van der Waals surface area contributed by atoms with Crippen LogP contribution in [0.25, 0.3) is 34.2 Å². The zero-order valence-electron chi connectivity index (χ0n) is 51.7. The van der Waals surface area contributed by atoms with Crippen molar-refractivity contribution in [3.05, 3.63) is 54.6 Å². The van der Waals surface area contributed by atoms with Crippen molar-refractivity contribution in [2.45, 2.75) is 237 Å². The lowest BCUT2D eigenvalue weighted by Gasteiger charge is -2.21. The highest BCUT2D eigenvalue weighted by Crippen LogP contribution is 2.39. The van der Waals surface area contributed by atoms with E-state index < -0.39 is 0 Å². The van der Waals surface area contributed by atoms with Gasteiger partial charge in [0.1, 0.15) is 0 Å². The zero-order chi connectivity index (χ0) is 56.3. The lowest BCUT2D eigenvalue weighted by Crippen LogP contribution is -2.14. The summed E-state index contributed by atoms with van der Waals surface area (Å²) in [6.45, 7) is 31.0. The van der Waals surface area contributed by atoms with Gasteiger partial charge in [0.15, 0.2) is 52.0 Å². The van der Waals surface area contributed by atoms with Crippen molar-refractivity contribution in [2.24, 2.45) is 35.5 Å².